The molecule has 0 amide bonds. The number of piperazine rings is 1. The maximum absolute atomic E-state index is 12.3. The third kappa shape index (κ3) is 5.35. The first-order valence-corrected chi connectivity index (χ1v) is 16.1. The highest BCUT2D eigenvalue weighted by molar-refractivity contribution is 7.92. The minimum atomic E-state index is -2.31. The van der Waals surface area contributed by atoms with Crippen LogP contribution in [-0.2, 0) is 9.73 Å². The van der Waals surface area contributed by atoms with Gasteiger partial charge in [0.05, 0.1) is 0 Å². The lowest BCUT2D eigenvalue weighted by Crippen LogP contribution is -2.47. The van der Waals surface area contributed by atoms with Crippen molar-refractivity contribution in [3.05, 3.63) is 60.4 Å². The van der Waals surface area contributed by atoms with E-state index in [2.05, 4.69) is 59.4 Å². The van der Waals surface area contributed by atoms with Gasteiger partial charge in [-0.2, -0.15) is 9.35 Å². The molecule has 1 aromatic carbocycles. The van der Waals surface area contributed by atoms with Crippen LogP contribution in [0.25, 0.3) is 16.9 Å². The molecule has 0 atom stereocenters. The van der Waals surface area contributed by atoms with Crippen molar-refractivity contribution in [2.75, 3.05) is 48.9 Å². The van der Waals surface area contributed by atoms with Gasteiger partial charge in [-0.1, -0.05) is 6.07 Å². The van der Waals surface area contributed by atoms with Crippen LogP contribution >= 0.6 is 0 Å². The molecule has 4 aromatic rings. The Kier molecular flexibility index (Phi) is 6.04. The van der Waals surface area contributed by atoms with E-state index in [9.17, 15) is 4.21 Å². The fourth-order valence-electron chi connectivity index (χ4n) is 5.47. The number of hydrogen-bond acceptors (Lipinski definition) is 8. The molecule has 4 heterocycles. The van der Waals surface area contributed by atoms with E-state index >= 15 is 0 Å². The van der Waals surface area contributed by atoms with Gasteiger partial charge in [0.2, 0.25) is 5.95 Å². The molecule has 1 saturated heterocycles. The number of anilines is 3. The number of rotatable bonds is 7. The van der Waals surface area contributed by atoms with Gasteiger partial charge in [0.1, 0.15) is 5.82 Å². The lowest BCUT2D eigenvalue weighted by Gasteiger charge is -2.36. The van der Waals surface area contributed by atoms with Gasteiger partial charge in [0.15, 0.2) is 11.5 Å². The number of nitrogens with one attached hydrogen (secondary N) is 1. The second-order valence-corrected chi connectivity index (χ2v) is 13.7. The zero-order valence-electron chi connectivity index (χ0n) is 22.5. The van der Waals surface area contributed by atoms with Crippen LogP contribution in [0.4, 0.5) is 23.1 Å². The fraction of sp³-hybridized carbons (Fsp3) is 0.414. The lowest BCUT2D eigenvalue weighted by atomic mass is 10.2. The smallest absolute Gasteiger partial charge is 0.229 e. The van der Waals surface area contributed by atoms with Crippen LogP contribution in [-0.4, -0.2) is 73.4 Å². The molecular weight excluding hydrogens is 508 g/mol. The van der Waals surface area contributed by atoms with E-state index in [0.29, 0.717) is 17.7 Å². The first kappa shape index (κ1) is 24.5. The van der Waals surface area contributed by atoms with Crippen molar-refractivity contribution in [3.63, 3.8) is 0 Å². The summed E-state index contributed by atoms with van der Waals surface area (Å²) in [4.78, 5) is 19.4. The highest BCUT2D eigenvalue weighted by Gasteiger charge is 2.31. The van der Waals surface area contributed by atoms with Crippen LogP contribution in [0.3, 0.4) is 0 Å². The van der Waals surface area contributed by atoms with Crippen molar-refractivity contribution in [2.45, 2.75) is 37.6 Å². The number of benzene rings is 1. The van der Waals surface area contributed by atoms with Crippen LogP contribution in [0.2, 0.25) is 0 Å². The minimum absolute atomic E-state index is 0.465. The van der Waals surface area contributed by atoms with Gasteiger partial charge in [-0.15, -0.1) is 0 Å². The molecular formula is C29H34N8OS. The molecule has 202 valence electrons. The minimum Gasteiger partial charge on any atom is -0.369 e. The summed E-state index contributed by atoms with van der Waals surface area (Å²) in [6.45, 7) is 4.48. The number of hydrogen-bond donors (Lipinski definition) is 1. The Bertz CT molecular complexity index is 1630. The molecule has 39 heavy (non-hydrogen) atoms. The standard InChI is InChI=1S/C29H34N8OS/c1-39(2,38)34-26-4-3-5-27(32-26)37-25(20-6-7-20)18-21-19-30-29(33-28(21)37)31-22-8-10-23(11-9-22)35-14-16-36(17-15-35)24-12-13-24/h3-5,8-11,18-20,24H,6-7,12-17H2,1-2H3,(H,30,31,33). The molecule has 2 saturated carbocycles. The van der Waals surface area contributed by atoms with Crippen molar-refractivity contribution in [3.8, 4) is 5.82 Å². The Balaban J connectivity index is 1.15. The zero-order valence-corrected chi connectivity index (χ0v) is 23.3. The molecule has 3 fully saturated rings. The molecule has 3 aliphatic rings. The summed E-state index contributed by atoms with van der Waals surface area (Å²) in [5.74, 6) is 2.22. The topological polar surface area (TPSA) is 91.5 Å². The van der Waals surface area contributed by atoms with Crippen LogP contribution < -0.4 is 10.2 Å². The van der Waals surface area contributed by atoms with Crippen molar-refractivity contribution >= 4 is 43.9 Å². The highest BCUT2D eigenvalue weighted by atomic mass is 32.2. The second-order valence-electron chi connectivity index (χ2n) is 11.2. The second kappa shape index (κ2) is 9.60. The van der Waals surface area contributed by atoms with E-state index in [4.69, 9.17) is 9.97 Å². The van der Waals surface area contributed by atoms with Crippen LogP contribution in [0.15, 0.2) is 59.1 Å². The lowest BCUT2D eigenvalue weighted by molar-refractivity contribution is 0.248. The van der Waals surface area contributed by atoms with Gasteiger partial charge in [-0.3, -0.25) is 9.47 Å². The molecule has 9 nitrogen and oxygen atoms in total. The molecule has 1 N–H and O–H groups in total. The molecule has 0 spiro atoms. The summed E-state index contributed by atoms with van der Waals surface area (Å²) in [6, 6.07) is 17.2. The summed E-state index contributed by atoms with van der Waals surface area (Å²) in [6.07, 6.45) is 10.2. The van der Waals surface area contributed by atoms with Crippen LogP contribution in [0.1, 0.15) is 37.3 Å². The quantitative estimate of drug-likeness (QED) is 0.348. The number of pyridine rings is 1. The zero-order chi connectivity index (χ0) is 26.6. The Labute approximate surface area is 229 Å². The molecule has 0 radical (unpaired) electrons. The Morgan fingerprint density at radius 2 is 1.72 bits per heavy atom. The van der Waals surface area contributed by atoms with E-state index < -0.39 is 9.73 Å². The first-order chi connectivity index (χ1) is 18.9. The normalized spacial score (nSPS) is 18.5. The maximum Gasteiger partial charge on any atom is 0.229 e. The third-order valence-corrected chi connectivity index (χ3v) is 8.32. The van der Waals surface area contributed by atoms with E-state index in [0.717, 1.165) is 67.6 Å². The summed E-state index contributed by atoms with van der Waals surface area (Å²) < 4.78 is 18.7. The Hall–Kier alpha value is -3.50. The van der Waals surface area contributed by atoms with Crippen LogP contribution in [0, 0.1) is 0 Å². The number of aromatic nitrogens is 4. The van der Waals surface area contributed by atoms with Crippen molar-refractivity contribution < 1.29 is 4.21 Å². The summed E-state index contributed by atoms with van der Waals surface area (Å²) in [7, 11) is -2.31. The molecule has 10 heteroatoms. The van der Waals surface area contributed by atoms with E-state index in [1.807, 2.05) is 18.3 Å². The first-order valence-electron chi connectivity index (χ1n) is 13.8. The summed E-state index contributed by atoms with van der Waals surface area (Å²) >= 11 is 0. The molecule has 7 rings (SSSR count). The predicted molar refractivity (Wildman–Crippen MR) is 157 cm³/mol. The molecule has 2 aliphatic carbocycles. The van der Waals surface area contributed by atoms with E-state index in [1.54, 1.807) is 18.6 Å². The third-order valence-electron chi connectivity index (χ3n) is 7.69. The van der Waals surface area contributed by atoms with Crippen molar-refractivity contribution in [2.24, 2.45) is 4.36 Å². The number of nitrogens with zero attached hydrogens (tertiary/aromatic N) is 7. The van der Waals surface area contributed by atoms with Gasteiger partial charge < -0.3 is 10.2 Å². The molecule has 1 aliphatic heterocycles. The van der Waals surface area contributed by atoms with E-state index in [1.165, 1.54) is 24.2 Å². The molecule has 0 bridgehead atoms. The maximum atomic E-state index is 12.3. The largest absolute Gasteiger partial charge is 0.369 e. The SMILES string of the molecule is CS(C)(=O)=Nc1cccc(-n2c(C3CC3)cc3cnc(Nc4ccc(N5CCN(C6CC6)CC5)cc4)nc32)n1. The summed E-state index contributed by atoms with van der Waals surface area (Å²) in [5, 5.41) is 4.37. The van der Waals surface area contributed by atoms with Gasteiger partial charge in [0, 0.05) is 83.1 Å². The van der Waals surface area contributed by atoms with E-state index in [-0.39, 0.29) is 0 Å². The van der Waals surface area contributed by atoms with Gasteiger partial charge >= 0.3 is 0 Å². The van der Waals surface area contributed by atoms with Gasteiger partial charge in [-0.25, -0.2) is 14.2 Å². The average Bonchev–Trinajstić information content (AvgIpc) is 3.85. The predicted octanol–water partition coefficient (Wildman–Crippen LogP) is 5.08. The monoisotopic (exact) mass is 542 g/mol. The Morgan fingerprint density at radius 1 is 0.949 bits per heavy atom. The van der Waals surface area contributed by atoms with Gasteiger partial charge in [0.25, 0.3) is 0 Å². The average molecular weight is 543 g/mol. The summed E-state index contributed by atoms with van der Waals surface area (Å²) in [5.41, 5.74) is 4.20. The fourth-order valence-corrected chi connectivity index (χ4v) is 6.02. The molecule has 3 aromatic heterocycles. The highest BCUT2D eigenvalue weighted by Crippen LogP contribution is 2.43. The number of fused-ring (bicyclic) bond motifs is 1. The van der Waals surface area contributed by atoms with Crippen LogP contribution in [0.5, 0.6) is 0 Å². The van der Waals surface area contributed by atoms with Crippen molar-refractivity contribution in [1.82, 2.24) is 24.4 Å². The van der Waals surface area contributed by atoms with Gasteiger partial charge in [-0.05, 0) is 74.1 Å². The molecule has 0 unspecified atom stereocenters. The van der Waals surface area contributed by atoms with Crippen molar-refractivity contribution in [1.29, 1.82) is 0 Å². The Morgan fingerprint density at radius 3 is 2.41 bits per heavy atom.